The van der Waals surface area contributed by atoms with Crippen molar-refractivity contribution in [3.05, 3.63) is 58.9 Å². The van der Waals surface area contributed by atoms with Crippen LogP contribution in [0.5, 0.6) is 0 Å². The van der Waals surface area contributed by atoms with Crippen molar-refractivity contribution < 1.29 is 9.18 Å². The Morgan fingerprint density at radius 2 is 1.88 bits per heavy atom. The Morgan fingerprint density at radius 3 is 2.58 bits per heavy atom. The van der Waals surface area contributed by atoms with E-state index < -0.39 is 5.82 Å². The van der Waals surface area contributed by atoms with Crippen LogP contribution in [0.1, 0.15) is 41.3 Å². The summed E-state index contributed by atoms with van der Waals surface area (Å²) in [6.07, 6.45) is 0.728. The smallest absolute Gasteiger partial charge is 0.252 e. The molecule has 0 aliphatic carbocycles. The number of benzene rings is 2. The van der Waals surface area contributed by atoms with E-state index in [4.69, 9.17) is 0 Å². The first kappa shape index (κ1) is 14.9. The van der Waals surface area contributed by atoms with Gasteiger partial charge in [0.15, 0.2) is 0 Å². The maximum absolute atomic E-state index is 13.9. The molecular weight excluding hydrogens is 303 g/mol. The quantitative estimate of drug-likeness (QED) is 0.722. The number of hydrogen-bond donors (Lipinski definition) is 2. The van der Waals surface area contributed by atoms with E-state index >= 15 is 0 Å². The third-order valence-electron chi connectivity index (χ3n) is 4.74. The van der Waals surface area contributed by atoms with Crippen LogP contribution < -0.4 is 5.32 Å². The Bertz CT molecular complexity index is 938. The molecule has 24 heavy (non-hydrogen) atoms. The monoisotopic (exact) mass is 322 g/mol. The highest BCUT2D eigenvalue weighted by Crippen LogP contribution is 2.35. The summed E-state index contributed by atoms with van der Waals surface area (Å²) in [7, 11) is 0. The van der Waals surface area contributed by atoms with Gasteiger partial charge in [0.05, 0.1) is 5.56 Å². The van der Waals surface area contributed by atoms with Crippen molar-refractivity contribution >= 4 is 16.8 Å². The topological polar surface area (TPSA) is 44.9 Å². The maximum Gasteiger partial charge on any atom is 0.252 e. The molecule has 1 amide bonds. The molecular formula is C20H19FN2O. The molecule has 1 aliphatic heterocycles. The van der Waals surface area contributed by atoms with Crippen LogP contribution in [0, 0.1) is 5.82 Å². The third-order valence-corrected chi connectivity index (χ3v) is 4.74. The molecule has 0 unspecified atom stereocenters. The molecule has 1 aliphatic rings. The lowest BCUT2D eigenvalue weighted by atomic mass is 9.97. The number of halogens is 1. The number of rotatable bonds is 2. The largest absolute Gasteiger partial charge is 0.354 e. The van der Waals surface area contributed by atoms with Gasteiger partial charge in [-0.2, -0.15) is 0 Å². The minimum absolute atomic E-state index is 0.209. The second-order valence-corrected chi connectivity index (χ2v) is 6.64. The minimum Gasteiger partial charge on any atom is -0.354 e. The zero-order valence-electron chi connectivity index (χ0n) is 13.7. The van der Waals surface area contributed by atoms with Crippen LogP contribution >= 0.6 is 0 Å². The number of hydrogen-bond acceptors (Lipinski definition) is 1. The SMILES string of the molecule is CC(C)c1ccc(-c2[nH]c3cc(F)cc4c3c2CCNC4=O)cc1. The summed E-state index contributed by atoms with van der Waals surface area (Å²) < 4.78 is 13.9. The first-order valence-corrected chi connectivity index (χ1v) is 8.27. The highest BCUT2D eigenvalue weighted by atomic mass is 19.1. The van der Waals surface area contributed by atoms with Crippen molar-refractivity contribution in [3.8, 4) is 11.3 Å². The van der Waals surface area contributed by atoms with Crippen molar-refractivity contribution in [2.75, 3.05) is 6.54 Å². The standard InChI is InChI=1S/C20H19FN2O/c1-11(2)12-3-5-13(6-4-12)19-15-7-8-22-20(24)16-9-14(21)10-17(23-19)18(15)16/h3-6,9-11,23H,7-8H2,1-2H3,(H,22,24). The zero-order chi connectivity index (χ0) is 16.8. The molecule has 0 bridgehead atoms. The number of aromatic amines is 1. The molecule has 4 rings (SSSR count). The number of amides is 1. The van der Waals surface area contributed by atoms with Crippen molar-refractivity contribution in [3.63, 3.8) is 0 Å². The summed E-state index contributed by atoms with van der Waals surface area (Å²) in [5.41, 5.74) is 5.49. The Morgan fingerprint density at radius 1 is 1.12 bits per heavy atom. The fourth-order valence-corrected chi connectivity index (χ4v) is 3.47. The number of H-pyrrole nitrogens is 1. The number of aromatic nitrogens is 1. The van der Waals surface area contributed by atoms with Crippen LogP contribution in [0.15, 0.2) is 36.4 Å². The van der Waals surface area contributed by atoms with Gasteiger partial charge in [0.25, 0.3) is 5.91 Å². The molecule has 1 aromatic heterocycles. The lowest BCUT2D eigenvalue weighted by Crippen LogP contribution is -2.23. The van der Waals surface area contributed by atoms with Gasteiger partial charge in [-0.05, 0) is 41.2 Å². The average molecular weight is 322 g/mol. The number of nitrogens with one attached hydrogen (secondary N) is 2. The second-order valence-electron chi connectivity index (χ2n) is 6.64. The van der Waals surface area contributed by atoms with Gasteiger partial charge in [0, 0.05) is 23.1 Å². The molecule has 0 fully saturated rings. The number of carbonyl (C=O) groups excluding carboxylic acids is 1. The summed E-state index contributed by atoms with van der Waals surface area (Å²) in [5.74, 6) is -0.131. The maximum atomic E-state index is 13.9. The Hall–Kier alpha value is -2.62. The van der Waals surface area contributed by atoms with Crippen LogP contribution in [-0.4, -0.2) is 17.4 Å². The van der Waals surface area contributed by atoms with Crippen LogP contribution in [0.4, 0.5) is 4.39 Å². The van der Waals surface area contributed by atoms with Gasteiger partial charge in [-0.3, -0.25) is 4.79 Å². The van der Waals surface area contributed by atoms with E-state index in [2.05, 4.69) is 48.4 Å². The zero-order valence-corrected chi connectivity index (χ0v) is 13.7. The van der Waals surface area contributed by atoms with Crippen LogP contribution in [0.25, 0.3) is 22.2 Å². The summed E-state index contributed by atoms with van der Waals surface area (Å²) in [4.78, 5) is 15.5. The lowest BCUT2D eigenvalue weighted by molar-refractivity contribution is 0.0957. The third kappa shape index (κ3) is 2.30. The van der Waals surface area contributed by atoms with E-state index in [1.54, 1.807) is 0 Å². The van der Waals surface area contributed by atoms with Crippen LogP contribution in [-0.2, 0) is 6.42 Å². The van der Waals surface area contributed by atoms with E-state index in [1.807, 2.05) is 0 Å². The van der Waals surface area contributed by atoms with Crippen molar-refractivity contribution in [2.24, 2.45) is 0 Å². The van der Waals surface area contributed by atoms with Crippen LogP contribution in [0.3, 0.4) is 0 Å². The second kappa shape index (κ2) is 5.48. The molecule has 3 nitrogen and oxygen atoms in total. The molecule has 3 aromatic rings. The van der Waals surface area contributed by atoms with Gasteiger partial charge < -0.3 is 10.3 Å². The first-order chi connectivity index (χ1) is 11.5. The molecule has 0 saturated carbocycles. The molecule has 2 aromatic carbocycles. The van der Waals surface area contributed by atoms with Crippen molar-refractivity contribution in [2.45, 2.75) is 26.2 Å². The summed E-state index contributed by atoms with van der Waals surface area (Å²) in [6, 6.07) is 11.2. The molecule has 2 N–H and O–H groups in total. The fraction of sp³-hybridized carbons (Fsp3) is 0.250. The van der Waals surface area contributed by atoms with Crippen LogP contribution in [0.2, 0.25) is 0 Å². The highest BCUT2D eigenvalue weighted by molar-refractivity contribution is 6.10. The van der Waals surface area contributed by atoms with Gasteiger partial charge >= 0.3 is 0 Å². The Balaban J connectivity index is 1.95. The predicted molar refractivity (Wildman–Crippen MR) is 93.8 cm³/mol. The molecule has 0 atom stereocenters. The van der Waals surface area contributed by atoms with E-state index in [0.29, 0.717) is 23.5 Å². The fourth-order valence-electron chi connectivity index (χ4n) is 3.47. The van der Waals surface area contributed by atoms with E-state index in [1.165, 1.54) is 17.7 Å². The van der Waals surface area contributed by atoms with Crippen molar-refractivity contribution in [1.29, 1.82) is 0 Å². The van der Waals surface area contributed by atoms with Gasteiger partial charge in [-0.25, -0.2) is 4.39 Å². The molecule has 4 heteroatoms. The minimum atomic E-state index is -0.399. The molecule has 0 radical (unpaired) electrons. The molecule has 0 saturated heterocycles. The molecule has 2 heterocycles. The summed E-state index contributed by atoms with van der Waals surface area (Å²) in [6.45, 7) is 4.88. The normalized spacial score (nSPS) is 14.1. The Kier molecular flexibility index (Phi) is 3.41. The average Bonchev–Trinajstić information content (AvgIpc) is 2.83. The Labute approximate surface area is 139 Å². The van der Waals surface area contributed by atoms with E-state index in [9.17, 15) is 9.18 Å². The molecule has 0 spiro atoms. The van der Waals surface area contributed by atoms with Gasteiger partial charge in [0.1, 0.15) is 5.82 Å². The summed E-state index contributed by atoms with van der Waals surface area (Å²) >= 11 is 0. The van der Waals surface area contributed by atoms with Crippen molar-refractivity contribution in [1.82, 2.24) is 10.3 Å². The lowest BCUT2D eigenvalue weighted by Gasteiger charge is -2.08. The number of carbonyl (C=O) groups is 1. The van der Waals surface area contributed by atoms with Gasteiger partial charge in [-0.1, -0.05) is 38.1 Å². The van der Waals surface area contributed by atoms with Gasteiger partial charge in [-0.15, -0.1) is 0 Å². The predicted octanol–water partition coefficient (Wildman–Crippen LogP) is 4.38. The first-order valence-electron chi connectivity index (χ1n) is 8.27. The van der Waals surface area contributed by atoms with E-state index in [-0.39, 0.29) is 5.91 Å². The highest BCUT2D eigenvalue weighted by Gasteiger charge is 2.23. The van der Waals surface area contributed by atoms with Gasteiger partial charge in [0.2, 0.25) is 0 Å². The molecule has 122 valence electrons. The van der Waals surface area contributed by atoms with E-state index in [0.717, 1.165) is 28.6 Å². The summed E-state index contributed by atoms with van der Waals surface area (Å²) in [5, 5.41) is 3.69.